The Morgan fingerprint density at radius 1 is 0.919 bits per heavy atom. The monoisotopic (exact) mass is 495 g/mol. The van der Waals surface area contributed by atoms with Crippen molar-refractivity contribution in [3.8, 4) is 0 Å². The number of ether oxygens (including phenoxy) is 1. The van der Waals surface area contributed by atoms with Crippen molar-refractivity contribution in [1.82, 2.24) is 4.90 Å². The third kappa shape index (κ3) is 5.80. The van der Waals surface area contributed by atoms with E-state index in [2.05, 4.69) is 12.1 Å². The Balaban J connectivity index is 1.21. The first-order valence-corrected chi connectivity index (χ1v) is 12.7. The summed E-state index contributed by atoms with van der Waals surface area (Å²) in [6.07, 6.45) is 2.50. The first-order valence-electron chi connectivity index (χ1n) is 12.7. The normalized spacial score (nSPS) is 15.9. The minimum Gasteiger partial charge on any atom is -0.460 e. The minimum atomic E-state index is -0.455. The van der Waals surface area contributed by atoms with E-state index >= 15 is 0 Å². The summed E-state index contributed by atoms with van der Waals surface area (Å²) in [5.74, 6) is 0.483. The molecular formula is C31H29NO5. The van der Waals surface area contributed by atoms with Gasteiger partial charge in [0.1, 0.15) is 12.4 Å². The van der Waals surface area contributed by atoms with Crippen molar-refractivity contribution in [1.29, 1.82) is 0 Å². The lowest BCUT2D eigenvalue weighted by molar-refractivity contribution is -0.131. The molecule has 1 unspecified atom stereocenters. The second kappa shape index (κ2) is 11.2. The number of fused-ring (bicyclic) bond motifs is 1. The molecule has 0 aliphatic carbocycles. The van der Waals surface area contributed by atoms with Crippen LogP contribution < -0.4 is 5.63 Å². The summed E-state index contributed by atoms with van der Waals surface area (Å²) in [5.41, 5.74) is 2.00. The number of amides is 1. The lowest BCUT2D eigenvalue weighted by atomic mass is 9.92. The summed E-state index contributed by atoms with van der Waals surface area (Å²) in [6.45, 7) is 1.14. The van der Waals surface area contributed by atoms with Crippen molar-refractivity contribution in [2.75, 3.05) is 19.7 Å². The van der Waals surface area contributed by atoms with Crippen LogP contribution in [0.4, 0.5) is 0 Å². The van der Waals surface area contributed by atoms with Crippen molar-refractivity contribution < 1.29 is 18.7 Å². The van der Waals surface area contributed by atoms with Gasteiger partial charge in [-0.1, -0.05) is 66.7 Å². The van der Waals surface area contributed by atoms with E-state index in [0.29, 0.717) is 47.7 Å². The Morgan fingerprint density at radius 3 is 2.54 bits per heavy atom. The Kier molecular flexibility index (Phi) is 7.45. The number of benzene rings is 3. The first-order chi connectivity index (χ1) is 18.1. The Labute approximate surface area is 215 Å². The van der Waals surface area contributed by atoms with Crippen molar-refractivity contribution in [3.63, 3.8) is 0 Å². The van der Waals surface area contributed by atoms with Gasteiger partial charge >= 0.3 is 11.6 Å². The highest BCUT2D eigenvalue weighted by atomic mass is 16.5. The molecule has 0 spiro atoms. The number of hydrogen-bond donors (Lipinski definition) is 0. The summed E-state index contributed by atoms with van der Waals surface area (Å²) in [7, 11) is 0. The van der Waals surface area contributed by atoms with Gasteiger partial charge in [0.25, 0.3) is 0 Å². The Bertz CT molecular complexity index is 1460. The highest BCUT2D eigenvalue weighted by molar-refractivity contribution is 5.91. The molecule has 1 atom stereocenters. The van der Waals surface area contributed by atoms with E-state index in [1.807, 2.05) is 48.5 Å². The zero-order valence-electron chi connectivity index (χ0n) is 20.6. The maximum absolute atomic E-state index is 12.9. The van der Waals surface area contributed by atoms with Gasteiger partial charge in [-0.15, -0.1) is 0 Å². The first kappa shape index (κ1) is 24.5. The van der Waals surface area contributed by atoms with Crippen LogP contribution in [-0.2, 0) is 16.0 Å². The molecule has 6 nitrogen and oxygen atoms in total. The molecule has 1 aromatic heterocycles. The number of carbonyl (C=O) groups is 2. The Hall–Kier alpha value is -4.19. The van der Waals surface area contributed by atoms with Crippen LogP contribution in [0.3, 0.4) is 0 Å². The molecule has 188 valence electrons. The molecule has 0 bridgehead atoms. The molecule has 0 saturated carbocycles. The molecule has 0 N–H and O–H groups in total. The number of esters is 1. The predicted molar refractivity (Wildman–Crippen MR) is 142 cm³/mol. The standard InChI is InChI=1S/C31H29NO5/c33-29-15-14-23(22-8-2-1-3-9-22)16-17-32(29)18-19-36-30(34)27-12-6-4-10-24(27)20-26-21-25-11-5-7-13-28(25)31(35)37-26/h1-13,21,23H,14-20H2. The van der Waals surface area contributed by atoms with Crippen LogP contribution in [0.25, 0.3) is 10.8 Å². The molecule has 37 heavy (non-hydrogen) atoms. The second-order valence-electron chi connectivity index (χ2n) is 9.37. The number of carbonyl (C=O) groups excluding carboxylic acids is 2. The SMILES string of the molecule is O=C(OCCN1CCC(c2ccccc2)CCC1=O)c1ccccc1Cc1cc2ccccc2c(=O)o1. The number of likely N-dealkylation sites (tertiary alicyclic amines) is 1. The predicted octanol–water partition coefficient (Wildman–Crippen LogP) is 5.34. The van der Waals surface area contributed by atoms with Crippen molar-refractivity contribution in [2.24, 2.45) is 0 Å². The molecule has 1 fully saturated rings. The van der Waals surface area contributed by atoms with Crippen LogP contribution in [0, 0.1) is 0 Å². The van der Waals surface area contributed by atoms with Gasteiger partial charge in [0.2, 0.25) is 5.91 Å². The minimum absolute atomic E-state index is 0.0983. The summed E-state index contributed by atoms with van der Waals surface area (Å²) in [6, 6.07) is 26.5. The van der Waals surface area contributed by atoms with E-state index in [9.17, 15) is 14.4 Å². The topological polar surface area (TPSA) is 76.8 Å². The van der Waals surface area contributed by atoms with Gasteiger partial charge in [-0.05, 0) is 53.5 Å². The molecule has 6 heteroatoms. The maximum Gasteiger partial charge on any atom is 0.343 e. The molecule has 1 saturated heterocycles. The van der Waals surface area contributed by atoms with Gasteiger partial charge in [0.15, 0.2) is 0 Å². The molecule has 1 aliphatic heterocycles. The molecular weight excluding hydrogens is 466 g/mol. The lowest BCUT2D eigenvalue weighted by Gasteiger charge is -2.21. The largest absolute Gasteiger partial charge is 0.460 e. The lowest BCUT2D eigenvalue weighted by Crippen LogP contribution is -2.34. The van der Waals surface area contributed by atoms with Gasteiger partial charge in [-0.2, -0.15) is 0 Å². The van der Waals surface area contributed by atoms with Crippen LogP contribution in [-0.4, -0.2) is 36.5 Å². The van der Waals surface area contributed by atoms with E-state index in [0.717, 1.165) is 18.2 Å². The summed E-state index contributed by atoms with van der Waals surface area (Å²) in [4.78, 5) is 39.8. The van der Waals surface area contributed by atoms with Crippen LogP contribution in [0.15, 0.2) is 94.1 Å². The number of rotatable bonds is 7. The van der Waals surface area contributed by atoms with Gasteiger partial charge in [-0.3, -0.25) is 4.79 Å². The van der Waals surface area contributed by atoms with Crippen LogP contribution in [0.2, 0.25) is 0 Å². The highest BCUT2D eigenvalue weighted by Crippen LogP contribution is 2.28. The molecule has 1 amide bonds. The van der Waals surface area contributed by atoms with E-state index in [1.54, 1.807) is 29.2 Å². The van der Waals surface area contributed by atoms with E-state index in [1.165, 1.54) is 5.56 Å². The fourth-order valence-electron chi connectivity index (χ4n) is 4.99. The zero-order valence-corrected chi connectivity index (χ0v) is 20.6. The zero-order chi connectivity index (χ0) is 25.6. The molecule has 3 aromatic carbocycles. The van der Waals surface area contributed by atoms with Gasteiger partial charge in [-0.25, -0.2) is 9.59 Å². The Morgan fingerprint density at radius 2 is 1.68 bits per heavy atom. The number of hydrogen-bond acceptors (Lipinski definition) is 5. The molecule has 1 aliphatic rings. The van der Waals surface area contributed by atoms with E-state index in [-0.39, 0.29) is 18.9 Å². The molecule has 0 radical (unpaired) electrons. The van der Waals surface area contributed by atoms with Crippen LogP contribution in [0.1, 0.15) is 52.4 Å². The molecule has 5 rings (SSSR count). The smallest absolute Gasteiger partial charge is 0.343 e. The summed E-state index contributed by atoms with van der Waals surface area (Å²) < 4.78 is 11.1. The average Bonchev–Trinajstić information content (AvgIpc) is 3.11. The molecule has 2 heterocycles. The van der Waals surface area contributed by atoms with Gasteiger partial charge < -0.3 is 14.1 Å². The molecule has 4 aromatic rings. The van der Waals surface area contributed by atoms with Gasteiger partial charge in [0.05, 0.1) is 17.5 Å². The van der Waals surface area contributed by atoms with Crippen molar-refractivity contribution >= 4 is 22.6 Å². The third-order valence-electron chi connectivity index (χ3n) is 7.00. The number of nitrogens with zero attached hydrogens (tertiary/aromatic N) is 1. The fourth-order valence-corrected chi connectivity index (χ4v) is 4.99. The van der Waals surface area contributed by atoms with Crippen molar-refractivity contribution in [3.05, 3.63) is 118 Å². The summed E-state index contributed by atoms with van der Waals surface area (Å²) >= 11 is 0. The average molecular weight is 496 g/mol. The van der Waals surface area contributed by atoms with Crippen LogP contribution >= 0.6 is 0 Å². The second-order valence-corrected chi connectivity index (χ2v) is 9.37. The van der Waals surface area contributed by atoms with Crippen LogP contribution in [0.5, 0.6) is 0 Å². The third-order valence-corrected chi connectivity index (χ3v) is 7.00. The fraction of sp³-hybridized carbons (Fsp3) is 0.258. The van der Waals surface area contributed by atoms with E-state index < -0.39 is 11.6 Å². The van der Waals surface area contributed by atoms with E-state index in [4.69, 9.17) is 9.15 Å². The quantitative estimate of drug-likeness (QED) is 0.324. The highest BCUT2D eigenvalue weighted by Gasteiger charge is 2.24. The van der Waals surface area contributed by atoms with Crippen molar-refractivity contribution in [2.45, 2.75) is 31.6 Å². The maximum atomic E-state index is 12.9. The van der Waals surface area contributed by atoms with Gasteiger partial charge in [0, 0.05) is 19.4 Å². The summed E-state index contributed by atoms with van der Waals surface area (Å²) in [5, 5.41) is 1.32.